The Morgan fingerprint density at radius 3 is 2.25 bits per heavy atom. The molecule has 0 aliphatic carbocycles. The van der Waals surface area contributed by atoms with Gasteiger partial charge in [0.1, 0.15) is 24.5 Å². The van der Waals surface area contributed by atoms with Crippen LogP contribution >= 0.6 is 0 Å². The first-order chi connectivity index (χ1) is 13.4. The molecule has 1 heterocycles. The Morgan fingerprint density at radius 1 is 0.893 bits per heavy atom. The summed E-state index contributed by atoms with van der Waals surface area (Å²) in [5, 5.41) is 0. The molecule has 0 fully saturated rings. The molecule has 0 N–H and O–H groups in total. The van der Waals surface area contributed by atoms with Crippen molar-refractivity contribution in [3.05, 3.63) is 89.7 Å². The zero-order valence-corrected chi connectivity index (χ0v) is 16.7. The fraction of sp³-hybridized carbons (Fsp3) is 0.292. The van der Waals surface area contributed by atoms with Crippen LogP contribution in [0.3, 0.4) is 0 Å². The summed E-state index contributed by atoms with van der Waals surface area (Å²) in [6.07, 6.45) is 2.77. The van der Waals surface area contributed by atoms with Crippen molar-refractivity contribution in [2.24, 2.45) is 0 Å². The van der Waals surface area contributed by atoms with Gasteiger partial charge in [0.25, 0.3) is 0 Å². The highest BCUT2D eigenvalue weighted by Gasteiger charge is 2.17. The quantitative estimate of drug-likeness (QED) is 0.544. The molecule has 0 unspecified atom stereocenters. The maximum absolute atomic E-state index is 12.1. The summed E-state index contributed by atoms with van der Waals surface area (Å²) in [6.45, 7) is 6.18. The molecule has 4 nitrogen and oxygen atoms in total. The lowest BCUT2D eigenvalue weighted by Gasteiger charge is -2.20. The van der Waals surface area contributed by atoms with E-state index >= 15 is 0 Å². The number of nitrogens with zero attached hydrogens (tertiary/aromatic N) is 1. The van der Waals surface area contributed by atoms with Gasteiger partial charge in [0, 0.05) is 6.20 Å². The molecule has 28 heavy (non-hydrogen) atoms. The van der Waals surface area contributed by atoms with Gasteiger partial charge in [-0.05, 0) is 62.6 Å². The number of rotatable bonds is 7. The molecule has 2 aromatic carbocycles. The van der Waals surface area contributed by atoms with E-state index in [-0.39, 0.29) is 12.5 Å². The third-order valence-corrected chi connectivity index (χ3v) is 4.20. The van der Waals surface area contributed by atoms with Gasteiger partial charge in [-0.1, -0.05) is 42.5 Å². The van der Waals surface area contributed by atoms with Crippen molar-refractivity contribution < 1.29 is 14.3 Å². The van der Waals surface area contributed by atoms with Crippen LogP contribution in [0.4, 0.5) is 0 Å². The molecule has 4 heteroatoms. The lowest BCUT2D eigenvalue weighted by molar-refractivity contribution is -0.155. The summed E-state index contributed by atoms with van der Waals surface area (Å²) in [4.78, 5) is 12.1. The standard InChI is InChI=1S/C24H27NO3/c1-24(2,3)28-23(26)17-25-15-7-10-21(25)18-27-22-13-11-20(12-14-22)16-19-8-5-4-6-9-19/h4-15H,16-18H2,1-3H3. The summed E-state index contributed by atoms with van der Waals surface area (Å²) in [5.74, 6) is 0.553. The van der Waals surface area contributed by atoms with Gasteiger partial charge < -0.3 is 14.0 Å². The maximum atomic E-state index is 12.1. The zero-order chi connectivity index (χ0) is 20.0. The van der Waals surface area contributed by atoms with Gasteiger partial charge in [-0.3, -0.25) is 4.79 Å². The predicted octanol–water partition coefficient (Wildman–Crippen LogP) is 5.00. The predicted molar refractivity (Wildman–Crippen MR) is 110 cm³/mol. The highest BCUT2D eigenvalue weighted by molar-refractivity contribution is 5.69. The van der Waals surface area contributed by atoms with Crippen LogP contribution in [0.5, 0.6) is 5.75 Å². The van der Waals surface area contributed by atoms with E-state index in [0.29, 0.717) is 6.61 Å². The van der Waals surface area contributed by atoms with Crippen molar-refractivity contribution in [2.45, 2.75) is 45.9 Å². The average Bonchev–Trinajstić information content (AvgIpc) is 3.07. The molecular formula is C24H27NO3. The van der Waals surface area contributed by atoms with E-state index in [9.17, 15) is 4.79 Å². The van der Waals surface area contributed by atoms with Gasteiger partial charge in [0.15, 0.2) is 0 Å². The molecule has 0 radical (unpaired) electrons. The Bertz CT molecular complexity index is 890. The Morgan fingerprint density at radius 2 is 1.57 bits per heavy atom. The summed E-state index contributed by atoms with van der Waals surface area (Å²) < 4.78 is 13.2. The first-order valence-corrected chi connectivity index (χ1v) is 9.50. The molecule has 0 atom stereocenters. The number of hydrogen-bond acceptors (Lipinski definition) is 3. The molecular weight excluding hydrogens is 350 g/mol. The number of ether oxygens (including phenoxy) is 2. The summed E-state index contributed by atoms with van der Waals surface area (Å²) >= 11 is 0. The Kier molecular flexibility index (Phi) is 6.19. The topological polar surface area (TPSA) is 40.5 Å². The Labute approximate surface area is 166 Å². The highest BCUT2D eigenvalue weighted by Crippen LogP contribution is 2.17. The molecule has 0 spiro atoms. The van der Waals surface area contributed by atoms with Crippen LogP contribution in [0.15, 0.2) is 72.9 Å². The van der Waals surface area contributed by atoms with E-state index in [0.717, 1.165) is 17.9 Å². The van der Waals surface area contributed by atoms with Crippen LogP contribution in [0, 0.1) is 0 Å². The maximum Gasteiger partial charge on any atom is 0.326 e. The van der Waals surface area contributed by atoms with Crippen LogP contribution in [0.1, 0.15) is 37.6 Å². The Balaban J connectivity index is 1.55. The first-order valence-electron chi connectivity index (χ1n) is 9.50. The highest BCUT2D eigenvalue weighted by atomic mass is 16.6. The molecule has 1 aromatic heterocycles. The monoisotopic (exact) mass is 377 g/mol. The van der Waals surface area contributed by atoms with E-state index in [1.165, 1.54) is 11.1 Å². The zero-order valence-electron chi connectivity index (χ0n) is 16.7. The van der Waals surface area contributed by atoms with E-state index in [1.807, 2.05) is 61.9 Å². The lowest BCUT2D eigenvalue weighted by Crippen LogP contribution is -2.26. The third-order valence-electron chi connectivity index (χ3n) is 4.20. The van der Waals surface area contributed by atoms with Crippen molar-refractivity contribution >= 4 is 5.97 Å². The number of esters is 1. The normalized spacial score (nSPS) is 11.2. The number of benzene rings is 2. The minimum atomic E-state index is -0.484. The fourth-order valence-electron chi connectivity index (χ4n) is 2.94. The van der Waals surface area contributed by atoms with Crippen LogP contribution in [0.25, 0.3) is 0 Å². The molecule has 0 saturated carbocycles. The van der Waals surface area contributed by atoms with Gasteiger partial charge >= 0.3 is 5.97 Å². The van der Waals surface area contributed by atoms with Crippen LogP contribution in [-0.2, 0) is 29.1 Å². The minimum absolute atomic E-state index is 0.180. The van der Waals surface area contributed by atoms with Crippen LogP contribution in [-0.4, -0.2) is 16.1 Å². The van der Waals surface area contributed by atoms with Crippen molar-refractivity contribution in [3.8, 4) is 5.75 Å². The number of carbonyl (C=O) groups is 1. The Hall–Kier alpha value is -3.01. The molecule has 0 aliphatic rings. The van der Waals surface area contributed by atoms with Crippen molar-refractivity contribution in [2.75, 3.05) is 0 Å². The van der Waals surface area contributed by atoms with Gasteiger partial charge in [-0.25, -0.2) is 0 Å². The molecule has 0 saturated heterocycles. The lowest BCUT2D eigenvalue weighted by atomic mass is 10.1. The van der Waals surface area contributed by atoms with E-state index in [1.54, 1.807) is 0 Å². The van der Waals surface area contributed by atoms with Gasteiger partial charge in [-0.15, -0.1) is 0 Å². The molecule has 0 aliphatic heterocycles. The smallest absolute Gasteiger partial charge is 0.326 e. The third kappa shape index (κ3) is 6.02. The molecule has 146 valence electrons. The number of aromatic nitrogens is 1. The second-order valence-electron chi connectivity index (χ2n) is 7.81. The molecule has 3 rings (SSSR count). The van der Waals surface area contributed by atoms with E-state index in [2.05, 4.69) is 36.4 Å². The number of hydrogen-bond donors (Lipinski definition) is 0. The van der Waals surface area contributed by atoms with Crippen molar-refractivity contribution in [1.82, 2.24) is 4.57 Å². The average molecular weight is 377 g/mol. The SMILES string of the molecule is CC(C)(C)OC(=O)Cn1cccc1COc1ccc(Cc2ccccc2)cc1. The molecule has 0 bridgehead atoms. The van der Waals surface area contributed by atoms with Crippen LogP contribution in [0.2, 0.25) is 0 Å². The second-order valence-corrected chi connectivity index (χ2v) is 7.81. The largest absolute Gasteiger partial charge is 0.487 e. The van der Waals surface area contributed by atoms with Crippen molar-refractivity contribution in [1.29, 1.82) is 0 Å². The van der Waals surface area contributed by atoms with E-state index in [4.69, 9.17) is 9.47 Å². The molecule has 0 amide bonds. The van der Waals surface area contributed by atoms with E-state index < -0.39 is 5.60 Å². The minimum Gasteiger partial charge on any atom is -0.487 e. The summed E-state index contributed by atoms with van der Waals surface area (Å²) in [7, 11) is 0. The van der Waals surface area contributed by atoms with Gasteiger partial charge in [0.2, 0.25) is 0 Å². The summed E-state index contributed by atoms with van der Waals surface area (Å²) in [6, 6.07) is 22.4. The van der Waals surface area contributed by atoms with Gasteiger partial charge in [0.05, 0.1) is 5.69 Å². The fourth-order valence-corrected chi connectivity index (χ4v) is 2.94. The van der Waals surface area contributed by atoms with Crippen LogP contribution < -0.4 is 4.74 Å². The first kappa shape index (κ1) is 19.7. The number of carbonyl (C=O) groups excluding carboxylic acids is 1. The summed E-state index contributed by atoms with van der Waals surface area (Å²) in [5.41, 5.74) is 2.98. The second kappa shape index (κ2) is 8.79. The van der Waals surface area contributed by atoms with Crippen molar-refractivity contribution in [3.63, 3.8) is 0 Å². The van der Waals surface area contributed by atoms with Gasteiger partial charge in [-0.2, -0.15) is 0 Å². The molecule has 3 aromatic rings.